The fraction of sp³-hybridized carbons (Fsp3) is 0.786. The van der Waals surface area contributed by atoms with E-state index in [9.17, 15) is 19.5 Å². The van der Waals surface area contributed by atoms with Crippen molar-refractivity contribution in [3.05, 3.63) is 0 Å². The first-order valence-electron chi connectivity index (χ1n) is 6.76. The van der Waals surface area contributed by atoms with Crippen LogP contribution in [0.3, 0.4) is 0 Å². The molecule has 0 aromatic carbocycles. The molecule has 0 radical (unpaired) electrons. The molecule has 0 aliphatic carbocycles. The maximum atomic E-state index is 11.9. The molecule has 0 fully saturated rings. The number of amides is 1. The molecule has 122 valence electrons. The monoisotopic (exact) mass is 319 g/mol. The van der Waals surface area contributed by atoms with E-state index in [2.05, 4.69) is 5.32 Å². The van der Waals surface area contributed by atoms with Gasteiger partial charge in [0.25, 0.3) is 0 Å². The van der Waals surface area contributed by atoms with Crippen LogP contribution < -0.4 is 5.32 Å². The van der Waals surface area contributed by atoms with E-state index < -0.39 is 23.2 Å². The van der Waals surface area contributed by atoms with Gasteiger partial charge in [0.15, 0.2) is 10.7 Å². The summed E-state index contributed by atoms with van der Waals surface area (Å²) >= 11 is 0.878. The highest BCUT2D eigenvalue weighted by molar-refractivity contribution is 8.13. The maximum Gasteiger partial charge on any atom is 0.408 e. The third-order valence-corrected chi connectivity index (χ3v) is 3.47. The number of aliphatic carboxylic acids is 1. The number of hydrogen-bond acceptors (Lipinski definition) is 5. The number of hydrogen-bond donors (Lipinski definition) is 2. The summed E-state index contributed by atoms with van der Waals surface area (Å²) in [6.45, 7) is 10.2. The molecular weight excluding hydrogens is 294 g/mol. The Kier molecular flexibility index (Phi) is 7.23. The Morgan fingerprint density at radius 3 is 2.10 bits per heavy atom. The smallest absolute Gasteiger partial charge is 0.408 e. The van der Waals surface area contributed by atoms with Gasteiger partial charge in [-0.15, -0.1) is 0 Å². The molecule has 0 rings (SSSR count). The number of ether oxygens (including phenoxy) is 1. The molecule has 2 N–H and O–H groups in total. The molecule has 21 heavy (non-hydrogen) atoms. The summed E-state index contributed by atoms with van der Waals surface area (Å²) in [5.41, 5.74) is -2.24. The van der Waals surface area contributed by atoms with Crippen molar-refractivity contribution in [2.24, 2.45) is 5.92 Å². The SMILES string of the molecule is CC(=O)SCC(CC(C)C)(NC(=O)OC(C)(C)C)C(=O)O. The van der Waals surface area contributed by atoms with E-state index in [4.69, 9.17) is 4.74 Å². The minimum absolute atomic E-state index is 0.0311. The van der Waals surface area contributed by atoms with Crippen molar-refractivity contribution >= 4 is 28.9 Å². The van der Waals surface area contributed by atoms with Crippen LogP contribution in [0.2, 0.25) is 0 Å². The van der Waals surface area contributed by atoms with Gasteiger partial charge in [0.05, 0.1) is 0 Å². The lowest BCUT2D eigenvalue weighted by molar-refractivity contribution is -0.144. The first kappa shape index (κ1) is 19.8. The molecule has 0 aliphatic heterocycles. The molecule has 7 heteroatoms. The Balaban J connectivity index is 5.20. The Labute approximate surface area is 130 Å². The van der Waals surface area contributed by atoms with Crippen LogP contribution in [0.1, 0.15) is 48.0 Å². The highest BCUT2D eigenvalue weighted by Crippen LogP contribution is 2.24. The summed E-state index contributed by atoms with van der Waals surface area (Å²) in [5, 5.41) is 11.8. The third-order valence-electron chi connectivity index (χ3n) is 2.43. The second-order valence-corrected chi connectivity index (χ2v) is 7.54. The zero-order valence-corrected chi connectivity index (χ0v) is 14.3. The second-order valence-electron chi connectivity index (χ2n) is 6.39. The Bertz CT molecular complexity index is 403. The Hall–Kier alpha value is -1.24. The van der Waals surface area contributed by atoms with Gasteiger partial charge >= 0.3 is 12.1 Å². The van der Waals surface area contributed by atoms with Crippen LogP contribution in [0.15, 0.2) is 0 Å². The van der Waals surface area contributed by atoms with Crippen molar-refractivity contribution in [3.63, 3.8) is 0 Å². The zero-order valence-electron chi connectivity index (χ0n) is 13.5. The number of alkyl carbamates (subject to hydrolysis) is 1. The summed E-state index contributed by atoms with van der Waals surface area (Å²) in [6, 6.07) is 0. The molecule has 0 aromatic heterocycles. The summed E-state index contributed by atoms with van der Waals surface area (Å²) < 4.78 is 5.12. The minimum atomic E-state index is -1.52. The summed E-state index contributed by atoms with van der Waals surface area (Å²) in [4.78, 5) is 34.7. The van der Waals surface area contributed by atoms with Gasteiger partial charge in [-0.2, -0.15) is 0 Å². The minimum Gasteiger partial charge on any atom is -0.479 e. The predicted octanol–water partition coefficient (Wildman–Crippen LogP) is 2.66. The van der Waals surface area contributed by atoms with E-state index in [0.717, 1.165) is 11.8 Å². The van der Waals surface area contributed by atoms with Gasteiger partial charge in [0, 0.05) is 12.7 Å². The molecule has 0 aliphatic rings. The molecule has 0 spiro atoms. The number of nitrogens with one attached hydrogen (secondary N) is 1. The molecule has 1 atom stereocenters. The van der Waals surface area contributed by atoms with Gasteiger partial charge in [0.2, 0.25) is 0 Å². The van der Waals surface area contributed by atoms with Crippen molar-refractivity contribution in [1.82, 2.24) is 5.32 Å². The zero-order chi connectivity index (χ0) is 16.8. The first-order chi connectivity index (χ1) is 9.38. The van der Waals surface area contributed by atoms with Crippen LogP contribution in [-0.2, 0) is 14.3 Å². The molecule has 0 heterocycles. The van der Waals surface area contributed by atoms with Gasteiger partial charge in [-0.25, -0.2) is 9.59 Å². The van der Waals surface area contributed by atoms with Gasteiger partial charge < -0.3 is 15.2 Å². The van der Waals surface area contributed by atoms with Crippen LogP contribution in [-0.4, -0.2) is 39.2 Å². The quantitative estimate of drug-likeness (QED) is 0.782. The number of rotatable bonds is 6. The van der Waals surface area contributed by atoms with Crippen LogP contribution >= 0.6 is 11.8 Å². The number of carboxylic acid groups (broad SMARTS) is 1. The number of carbonyl (C=O) groups excluding carboxylic acids is 2. The molecule has 0 saturated carbocycles. The summed E-state index contributed by atoms with van der Waals surface area (Å²) in [6.07, 6.45) is -0.586. The van der Waals surface area contributed by atoms with E-state index in [1.54, 1.807) is 20.8 Å². The van der Waals surface area contributed by atoms with Gasteiger partial charge in [-0.3, -0.25) is 4.79 Å². The van der Waals surface area contributed by atoms with Crippen molar-refractivity contribution in [1.29, 1.82) is 0 Å². The third kappa shape index (κ3) is 7.94. The van der Waals surface area contributed by atoms with Crippen LogP contribution in [0, 0.1) is 5.92 Å². The lowest BCUT2D eigenvalue weighted by Crippen LogP contribution is -2.58. The van der Waals surface area contributed by atoms with Crippen LogP contribution in [0.25, 0.3) is 0 Å². The lowest BCUT2D eigenvalue weighted by Gasteiger charge is -2.32. The van der Waals surface area contributed by atoms with E-state index in [1.807, 2.05) is 13.8 Å². The van der Waals surface area contributed by atoms with E-state index in [0.29, 0.717) is 0 Å². The molecule has 1 unspecified atom stereocenters. The normalized spacial score (nSPS) is 14.4. The molecule has 0 saturated heterocycles. The summed E-state index contributed by atoms with van der Waals surface area (Å²) in [7, 11) is 0. The van der Waals surface area contributed by atoms with E-state index in [1.165, 1.54) is 6.92 Å². The average molecular weight is 319 g/mol. The van der Waals surface area contributed by atoms with Crippen molar-refractivity contribution in [3.8, 4) is 0 Å². The molecule has 1 amide bonds. The lowest BCUT2D eigenvalue weighted by atomic mass is 9.90. The van der Waals surface area contributed by atoms with Gasteiger partial charge in [-0.1, -0.05) is 25.6 Å². The van der Waals surface area contributed by atoms with E-state index >= 15 is 0 Å². The summed E-state index contributed by atoms with van der Waals surface area (Å²) in [5.74, 6) is -1.17. The molecule has 6 nitrogen and oxygen atoms in total. The van der Waals surface area contributed by atoms with Gasteiger partial charge in [-0.05, 0) is 33.1 Å². The largest absolute Gasteiger partial charge is 0.479 e. The first-order valence-corrected chi connectivity index (χ1v) is 7.74. The number of thioether (sulfide) groups is 1. The standard InChI is InChI=1S/C14H25NO5S/c1-9(2)7-14(11(17)18,8-21-10(3)16)15-12(19)20-13(4,5)6/h9H,7-8H2,1-6H3,(H,15,19)(H,17,18). The Morgan fingerprint density at radius 2 is 1.76 bits per heavy atom. The average Bonchev–Trinajstić information content (AvgIpc) is 2.21. The Morgan fingerprint density at radius 1 is 1.24 bits per heavy atom. The molecule has 0 bridgehead atoms. The fourth-order valence-electron chi connectivity index (χ4n) is 1.77. The van der Waals surface area contributed by atoms with Crippen LogP contribution in [0.4, 0.5) is 4.79 Å². The highest BCUT2D eigenvalue weighted by atomic mass is 32.2. The highest BCUT2D eigenvalue weighted by Gasteiger charge is 2.42. The molecular formula is C14H25NO5S. The van der Waals surface area contributed by atoms with Crippen LogP contribution in [0.5, 0.6) is 0 Å². The second kappa shape index (κ2) is 7.68. The van der Waals surface area contributed by atoms with Crippen molar-refractivity contribution in [2.45, 2.75) is 59.1 Å². The number of carboxylic acids is 1. The predicted molar refractivity (Wildman–Crippen MR) is 82.3 cm³/mol. The van der Waals surface area contributed by atoms with Crippen molar-refractivity contribution in [2.75, 3.05) is 5.75 Å². The van der Waals surface area contributed by atoms with Crippen molar-refractivity contribution < 1.29 is 24.2 Å². The fourth-order valence-corrected chi connectivity index (χ4v) is 2.53. The van der Waals surface area contributed by atoms with E-state index in [-0.39, 0.29) is 23.2 Å². The maximum absolute atomic E-state index is 11.9. The van der Waals surface area contributed by atoms with Gasteiger partial charge in [0.1, 0.15) is 5.60 Å². The topological polar surface area (TPSA) is 92.7 Å². The number of carbonyl (C=O) groups is 3. The molecule has 0 aromatic rings.